The number of Topliss-reactive ketones (excluding diaryl/α,β-unsaturated/α-hetero) is 1. The topological polar surface area (TPSA) is 105 Å². The number of anilines is 2. The van der Waals surface area contributed by atoms with Gasteiger partial charge in [0.25, 0.3) is 22.6 Å². The molecule has 0 radical (unpaired) electrons. The van der Waals surface area contributed by atoms with Crippen LogP contribution in [-0.2, 0) is 21.4 Å². The normalized spacial score (nSPS) is 17.4. The average molecular weight is 525 g/mol. The van der Waals surface area contributed by atoms with Crippen molar-refractivity contribution in [1.29, 1.82) is 0 Å². The van der Waals surface area contributed by atoms with E-state index < -0.39 is 10.0 Å². The van der Waals surface area contributed by atoms with Gasteiger partial charge in [0, 0.05) is 24.2 Å². The molecule has 0 bridgehead atoms. The van der Waals surface area contributed by atoms with Crippen molar-refractivity contribution >= 4 is 45.5 Å². The second-order valence-electron chi connectivity index (χ2n) is 9.51. The van der Waals surface area contributed by atoms with Crippen molar-refractivity contribution in [2.75, 3.05) is 23.3 Å². The van der Waals surface area contributed by atoms with Crippen LogP contribution in [0.2, 0.25) is 12.6 Å². The van der Waals surface area contributed by atoms with E-state index in [0.717, 1.165) is 16.9 Å². The number of hydrogen-bond donors (Lipinski definition) is 1. The van der Waals surface area contributed by atoms with Crippen LogP contribution < -0.4 is 10.2 Å². The molecular formula is C28H24BN3O5S. The molecule has 0 unspecified atom stereocenters. The van der Waals surface area contributed by atoms with Gasteiger partial charge in [0.05, 0.1) is 27.7 Å². The zero-order valence-corrected chi connectivity index (χ0v) is 21.3. The van der Waals surface area contributed by atoms with Gasteiger partial charge in [-0.25, -0.2) is 0 Å². The predicted octanol–water partition coefficient (Wildman–Crippen LogP) is 4.60. The molecule has 6 rings (SSSR count). The molecule has 8 nitrogen and oxygen atoms in total. The molecule has 10 heteroatoms. The summed E-state index contributed by atoms with van der Waals surface area (Å²) in [5, 5.41) is 3.23. The first-order valence-electron chi connectivity index (χ1n) is 12.5. The van der Waals surface area contributed by atoms with Crippen LogP contribution in [0, 0.1) is 0 Å². The monoisotopic (exact) mass is 525 g/mol. The Bertz CT molecular complexity index is 1610. The van der Waals surface area contributed by atoms with Crippen molar-refractivity contribution < 1.29 is 22.7 Å². The Hall–Kier alpha value is -4.18. The summed E-state index contributed by atoms with van der Waals surface area (Å²) >= 11 is 0. The number of rotatable bonds is 6. The number of nitrogens with one attached hydrogen (secondary N) is 1. The molecule has 1 saturated heterocycles. The maximum absolute atomic E-state index is 13.3. The highest BCUT2D eigenvalue weighted by molar-refractivity contribution is 7.90. The summed E-state index contributed by atoms with van der Waals surface area (Å²) in [7, 11) is -3.81. The summed E-state index contributed by atoms with van der Waals surface area (Å²) in [6.07, 6.45) is 2.83. The summed E-state index contributed by atoms with van der Waals surface area (Å²) in [6, 6.07) is 21.9. The average Bonchev–Trinajstić information content (AvgIpc) is 3.21. The van der Waals surface area contributed by atoms with E-state index in [4.69, 9.17) is 4.74 Å². The van der Waals surface area contributed by atoms with Crippen LogP contribution >= 0.6 is 0 Å². The van der Waals surface area contributed by atoms with Crippen molar-refractivity contribution in [3.05, 3.63) is 101 Å². The maximum Gasteiger partial charge on any atom is 0.283 e. The van der Waals surface area contributed by atoms with Gasteiger partial charge in [-0.15, -0.1) is 0 Å². The molecule has 3 aliphatic rings. The first-order chi connectivity index (χ1) is 18.4. The van der Waals surface area contributed by atoms with Crippen LogP contribution in [-0.4, -0.2) is 45.6 Å². The molecule has 3 aromatic rings. The molecule has 0 saturated carbocycles. The number of sulfonamides is 1. The van der Waals surface area contributed by atoms with E-state index in [-0.39, 0.29) is 41.3 Å². The Morgan fingerprint density at radius 2 is 1.71 bits per heavy atom. The highest BCUT2D eigenvalue weighted by atomic mass is 32.2. The van der Waals surface area contributed by atoms with Crippen LogP contribution in [0.4, 0.5) is 16.2 Å². The van der Waals surface area contributed by atoms with Crippen LogP contribution in [0.15, 0.2) is 93.9 Å². The number of allylic oxidation sites excluding steroid dienone is 2. The summed E-state index contributed by atoms with van der Waals surface area (Å²) in [5.41, 5.74) is 3.81. The Labute approximate surface area is 221 Å². The molecule has 1 aliphatic carbocycles. The Kier molecular flexibility index (Phi) is 6.11. The summed E-state index contributed by atoms with van der Waals surface area (Å²) in [4.78, 5) is 28.2. The molecule has 0 atom stereocenters. The lowest BCUT2D eigenvalue weighted by molar-refractivity contribution is 0.103. The number of nitrogens with zero attached hydrogens (tertiary/aromatic N) is 2. The fourth-order valence-electron chi connectivity index (χ4n) is 5.17. The quantitative estimate of drug-likeness (QED) is 0.469. The molecule has 190 valence electrons. The van der Waals surface area contributed by atoms with Gasteiger partial charge < -0.3 is 15.0 Å². The number of carbonyl (C=O) groups excluding carboxylic acids is 2. The Morgan fingerprint density at radius 1 is 0.974 bits per heavy atom. The maximum atomic E-state index is 13.3. The van der Waals surface area contributed by atoms with Gasteiger partial charge in [0.1, 0.15) is 6.61 Å². The van der Waals surface area contributed by atoms with Crippen LogP contribution in [0.1, 0.15) is 21.5 Å². The second-order valence-corrected chi connectivity index (χ2v) is 11.1. The highest BCUT2D eigenvalue weighted by Gasteiger charge is 2.36. The minimum Gasteiger partial charge on any atom is -0.469 e. The fourth-order valence-corrected chi connectivity index (χ4v) is 6.39. The number of carbonyl (C=O) groups is 2. The molecule has 3 aromatic carbocycles. The number of para-hydroxylation sites is 2. The Morgan fingerprint density at radius 3 is 2.50 bits per heavy atom. The van der Waals surface area contributed by atoms with Crippen LogP contribution in [0.25, 0.3) is 0 Å². The van der Waals surface area contributed by atoms with E-state index in [1.54, 1.807) is 12.1 Å². The zero-order valence-electron chi connectivity index (χ0n) is 20.5. The lowest BCUT2D eigenvalue weighted by atomic mass is 9.43. The number of ketones is 1. The van der Waals surface area contributed by atoms with Gasteiger partial charge in [0.15, 0.2) is 0 Å². The fraction of sp³-hybridized carbons (Fsp3) is 0.179. The van der Waals surface area contributed by atoms with Crippen LogP contribution in [0.5, 0.6) is 0 Å². The third-order valence-electron chi connectivity index (χ3n) is 7.12. The van der Waals surface area contributed by atoms with Crippen molar-refractivity contribution in [3.63, 3.8) is 0 Å². The largest absolute Gasteiger partial charge is 0.469 e. The molecule has 38 heavy (non-hydrogen) atoms. The minimum absolute atomic E-state index is 0.0687. The SMILES string of the molecule is O=C(OCc1ccccc1)B1CCN(c2ccccc2NC2=CC3=NS(=O)(=O)c4cccc(c43)C2=O)CC1. The lowest BCUT2D eigenvalue weighted by Crippen LogP contribution is -2.41. The van der Waals surface area contributed by atoms with Crippen molar-refractivity contribution in [2.45, 2.75) is 24.1 Å². The first-order valence-corrected chi connectivity index (χ1v) is 13.9. The van der Waals surface area contributed by atoms with Gasteiger partial charge >= 0.3 is 0 Å². The third kappa shape index (κ3) is 4.41. The molecule has 1 fully saturated rings. The van der Waals surface area contributed by atoms with E-state index in [0.29, 0.717) is 36.9 Å². The number of hydrogen-bond acceptors (Lipinski definition) is 7. The van der Waals surface area contributed by atoms with Crippen molar-refractivity contribution in [1.82, 2.24) is 0 Å². The molecular weight excluding hydrogens is 501 g/mol. The summed E-state index contributed by atoms with van der Waals surface area (Å²) in [6.45, 7) is 1.43. The van der Waals surface area contributed by atoms with E-state index in [1.165, 1.54) is 12.1 Å². The number of benzene rings is 3. The lowest BCUT2D eigenvalue weighted by Gasteiger charge is -2.33. The summed E-state index contributed by atoms with van der Waals surface area (Å²) in [5.74, 6) is -0.462. The highest BCUT2D eigenvalue weighted by Crippen LogP contribution is 2.36. The van der Waals surface area contributed by atoms with E-state index in [9.17, 15) is 18.0 Å². The van der Waals surface area contributed by atoms with Gasteiger partial charge in [-0.2, -0.15) is 12.8 Å². The van der Waals surface area contributed by atoms with Gasteiger partial charge in [-0.05, 0) is 42.5 Å². The molecule has 0 aromatic heterocycles. The molecule has 2 heterocycles. The van der Waals surface area contributed by atoms with Crippen molar-refractivity contribution in [2.24, 2.45) is 4.40 Å². The third-order valence-corrected chi connectivity index (χ3v) is 8.45. The van der Waals surface area contributed by atoms with Gasteiger partial charge in [-0.1, -0.05) is 54.6 Å². The van der Waals surface area contributed by atoms with Gasteiger partial charge in [0.2, 0.25) is 5.78 Å². The van der Waals surface area contributed by atoms with E-state index in [2.05, 4.69) is 14.6 Å². The predicted molar refractivity (Wildman–Crippen MR) is 147 cm³/mol. The minimum atomic E-state index is -3.81. The van der Waals surface area contributed by atoms with Gasteiger partial charge in [-0.3, -0.25) is 9.59 Å². The van der Waals surface area contributed by atoms with E-state index in [1.807, 2.05) is 54.6 Å². The van der Waals surface area contributed by atoms with E-state index >= 15 is 0 Å². The smallest absolute Gasteiger partial charge is 0.283 e. The van der Waals surface area contributed by atoms with Crippen molar-refractivity contribution in [3.8, 4) is 0 Å². The molecule has 2 aliphatic heterocycles. The Balaban J connectivity index is 1.16. The van der Waals surface area contributed by atoms with Crippen LogP contribution in [0.3, 0.4) is 0 Å². The first kappa shape index (κ1) is 24.2. The standard InChI is InChI=1S/C28H24BN3O5S/c33-27-20-9-6-12-25-26(20)22(31-38(25,35)36)17-23(27)30-21-10-4-5-11-24(21)32-15-13-29(14-16-32)28(34)37-18-19-7-2-1-3-8-19/h1-12,17,30H,13-16,18H2. The molecule has 1 N–H and O–H groups in total. The zero-order chi connectivity index (χ0) is 26.3. The molecule has 0 spiro atoms. The number of ether oxygens (including phenoxy) is 1. The summed E-state index contributed by atoms with van der Waals surface area (Å²) < 4.78 is 34.3. The molecule has 0 amide bonds. The second kappa shape index (κ2) is 9.61.